The molecule has 2 rings (SSSR count). The van der Waals surface area contributed by atoms with Crippen LogP contribution >= 0.6 is 22.6 Å². The number of amides is 1. The molecular formula is C15H14IN3O4. The summed E-state index contributed by atoms with van der Waals surface area (Å²) in [5, 5.41) is 21.1. The average molecular weight is 427 g/mol. The molecule has 1 aromatic carbocycles. The lowest BCUT2D eigenvalue weighted by atomic mass is 10.1. The molecule has 0 saturated carbocycles. The highest BCUT2D eigenvalue weighted by Gasteiger charge is 2.34. The first-order chi connectivity index (χ1) is 11.0. The number of hydrogen-bond acceptors (Lipinski definition) is 6. The molecule has 0 spiro atoms. The molecule has 1 aliphatic rings. The molecule has 0 aliphatic carbocycles. The van der Waals surface area contributed by atoms with Gasteiger partial charge >= 0.3 is 5.97 Å². The maximum atomic E-state index is 12.4. The Balaban J connectivity index is 2.39. The first-order valence-corrected chi connectivity index (χ1v) is 7.78. The molecule has 1 heterocycles. The van der Waals surface area contributed by atoms with E-state index in [0.717, 1.165) is 3.57 Å². The Morgan fingerprint density at radius 1 is 1.57 bits per heavy atom. The summed E-state index contributed by atoms with van der Waals surface area (Å²) < 4.78 is 5.59. The SMILES string of the molecule is COC(=O)C1=C(Nc2ccc(I)cc2C#N)C(=O)N(CCO)C1. The van der Waals surface area contributed by atoms with E-state index in [1.165, 1.54) is 12.0 Å². The fraction of sp³-hybridized carbons (Fsp3) is 0.267. The van der Waals surface area contributed by atoms with Crippen molar-refractivity contribution in [3.05, 3.63) is 38.6 Å². The van der Waals surface area contributed by atoms with E-state index in [0.29, 0.717) is 11.3 Å². The van der Waals surface area contributed by atoms with Gasteiger partial charge in [0.2, 0.25) is 0 Å². The van der Waals surface area contributed by atoms with Crippen molar-refractivity contribution in [1.82, 2.24) is 4.90 Å². The van der Waals surface area contributed by atoms with E-state index in [2.05, 4.69) is 27.9 Å². The Kier molecular flexibility index (Phi) is 5.57. The third-order valence-electron chi connectivity index (χ3n) is 3.32. The minimum atomic E-state index is -0.620. The summed E-state index contributed by atoms with van der Waals surface area (Å²) in [6.07, 6.45) is 0. The van der Waals surface area contributed by atoms with Crippen molar-refractivity contribution >= 4 is 40.2 Å². The van der Waals surface area contributed by atoms with Gasteiger partial charge in [-0.1, -0.05) is 0 Å². The summed E-state index contributed by atoms with van der Waals surface area (Å²) in [6, 6.07) is 7.18. The second kappa shape index (κ2) is 7.43. The van der Waals surface area contributed by atoms with Crippen LogP contribution in [0.5, 0.6) is 0 Å². The van der Waals surface area contributed by atoms with E-state index >= 15 is 0 Å². The second-order valence-electron chi connectivity index (χ2n) is 4.72. The fourth-order valence-electron chi connectivity index (χ4n) is 2.20. The van der Waals surface area contributed by atoms with Crippen LogP contribution in [0.2, 0.25) is 0 Å². The van der Waals surface area contributed by atoms with Gasteiger partial charge < -0.3 is 20.1 Å². The molecule has 0 aromatic heterocycles. The first kappa shape index (κ1) is 17.2. The normalized spacial score (nSPS) is 14.0. The third-order valence-corrected chi connectivity index (χ3v) is 3.99. The van der Waals surface area contributed by atoms with E-state index in [1.54, 1.807) is 18.2 Å². The van der Waals surface area contributed by atoms with Crippen molar-refractivity contribution in [3.63, 3.8) is 0 Å². The van der Waals surface area contributed by atoms with E-state index in [-0.39, 0.29) is 31.0 Å². The predicted octanol–water partition coefficient (Wildman–Crippen LogP) is 0.836. The van der Waals surface area contributed by atoms with Gasteiger partial charge in [0.1, 0.15) is 11.8 Å². The number of ether oxygens (including phenoxy) is 1. The standard InChI is InChI=1S/C15H14IN3O4/c1-23-15(22)11-8-19(4-5-20)14(21)13(11)18-12-3-2-10(16)6-9(12)7-17/h2-3,6,18,20H,4-5,8H2,1H3. The van der Waals surface area contributed by atoms with Crippen molar-refractivity contribution in [1.29, 1.82) is 5.26 Å². The monoisotopic (exact) mass is 427 g/mol. The van der Waals surface area contributed by atoms with E-state index in [9.17, 15) is 14.9 Å². The van der Waals surface area contributed by atoms with Crippen LogP contribution in [0.4, 0.5) is 5.69 Å². The highest BCUT2D eigenvalue weighted by atomic mass is 127. The van der Waals surface area contributed by atoms with Gasteiger partial charge in [-0.25, -0.2) is 4.79 Å². The number of anilines is 1. The summed E-state index contributed by atoms with van der Waals surface area (Å²) >= 11 is 2.08. The van der Waals surface area contributed by atoms with Crippen LogP contribution in [0.3, 0.4) is 0 Å². The molecule has 1 aromatic rings. The Morgan fingerprint density at radius 2 is 2.30 bits per heavy atom. The van der Waals surface area contributed by atoms with Crippen molar-refractivity contribution in [2.45, 2.75) is 0 Å². The molecule has 0 saturated heterocycles. The molecule has 7 nitrogen and oxygen atoms in total. The number of hydrogen-bond donors (Lipinski definition) is 2. The average Bonchev–Trinajstić information content (AvgIpc) is 2.85. The number of rotatable bonds is 5. The topological polar surface area (TPSA) is 103 Å². The number of carbonyl (C=O) groups is 2. The minimum absolute atomic E-state index is 0.0562. The van der Waals surface area contributed by atoms with Gasteiger partial charge in [0, 0.05) is 10.1 Å². The van der Waals surface area contributed by atoms with Crippen molar-refractivity contribution in [2.24, 2.45) is 0 Å². The molecule has 0 atom stereocenters. The molecule has 0 fully saturated rings. The van der Waals surface area contributed by atoms with Gasteiger partial charge in [0.25, 0.3) is 5.91 Å². The molecule has 0 bridgehead atoms. The van der Waals surface area contributed by atoms with Crippen LogP contribution in [0.1, 0.15) is 5.56 Å². The van der Waals surface area contributed by atoms with Crippen LogP contribution in [0, 0.1) is 14.9 Å². The summed E-state index contributed by atoms with van der Waals surface area (Å²) in [4.78, 5) is 25.6. The zero-order valence-corrected chi connectivity index (χ0v) is 14.5. The molecule has 1 amide bonds. The van der Waals surface area contributed by atoms with Crippen molar-refractivity contribution in [2.75, 3.05) is 32.1 Å². The van der Waals surface area contributed by atoms with Crippen LogP contribution < -0.4 is 5.32 Å². The second-order valence-corrected chi connectivity index (χ2v) is 5.97. The highest BCUT2D eigenvalue weighted by Crippen LogP contribution is 2.25. The van der Waals surface area contributed by atoms with E-state index in [4.69, 9.17) is 9.84 Å². The van der Waals surface area contributed by atoms with Gasteiger partial charge in [0.05, 0.1) is 37.1 Å². The van der Waals surface area contributed by atoms with Gasteiger partial charge in [-0.05, 0) is 40.8 Å². The lowest BCUT2D eigenvalue weighted by molar-refractivity contribution is -0.136. The molecule has 23 heavy (non-hydrogen) atoms. The van der Waals surface area contributed by atoms with Crippen molar-refractivity contribution < 1.29 is 19.4 Å². The molecule has 8 heteroatoms. The highest BCUT2D eigenvalue weighted by molar-refractivity contribution is 14.1. The third kappa shape index (κ3) is 3.62. The number of nitrogens with one attached hydrogen (secondary N) is 1. The number of benzene rings is 1. The fourth-order valence-corrected chi connectivity index (χ4v) is 2.69. The molecule has 120 valence electrons. The molecule has 1 aliphatic heterocycles. The quantitative estimate of drug-likeness (QED) is 0.534. The molecular weight excluding hydrogens is 413 g/mol. The Morgan fingerprint density at radius 3 is 2.91 bits per heavy atom. The number of aliphatic hydroxyl groups is 1. The van der Waals surface area contributed by atoms with Crippen LogP contribution in [0.15, 0.2) is 29.5 Å². The molecule has 0 radical (unpaired) electrons. The number of nitrogens with zero attached hydrogens (tertiary/aromatic N) is 2. The Hall–Kier alpha value is -2.12. The number of halogens is 1. The van der Waals surface area contributed by atoms with Gasteiger partial charge in [-0.2, -0.15) is 5.26 Å². The minimum Gasteiger partial charge on any atom is -0.466 e. The van der Waals surface area contributed by atoms with E-state index in [1.807, 2.05) is 6.07 Å². The number of nitriles is 1. The Labute approximate surface area is 146 Å². The van der Waals surface area contributed by atoms with E-state index < -0.39 is 11.9 Å². The van der Waals surface area contributed by atoms with Crippen LogP contribution in [-0.4, -0.2) is 48.7 Å². The maximum absolute atomic E-state index is 12.4. The number of β-amino-alcohol motifs (C(OH)–C–C–N with tert-alkyl or cyclic N) is 1. The number of methoxy groups -OCH3 is 1. The van der Waals surface area contributed by atoms with Crippen LogP contribution in [-0.2, 0) is 14.3 Å². The lowest BCUT2D eigenvalue weighted by Crippen LogP contribution is -2.31. The first-order valence-electron chi connectivity index (χ1n) is 6.70. The van der Waals surface area contributed by atoms with Crippen LogP contribution in [0.25, 0.3) is 0 Å². The number of carbonyl (C=O) groups excluding carboxylic acids is 2. The Bertz CT molecular complexity index is 724. The van der Waals surface area contributed by atoms with Gasteiger partial charge in [-0.15, -0.1) is 0 Å². The molecule has 0 unspecified atom stereocenters. The van der Waals surface area contributed by atoms with Gasteiger partial charge in [-0.3, -0.25) is 4.79 Å². The zero-order chi connectivity index (χ0) is 17.0. The summed E-state index contributed by atoms with van der Waals surface area (Å²) in [5.74, 6) is -1.04. The largest absolute Gasteiger partial charge is 0.466 e. The maximum Gasteiger partial charge on any atom is 0.337 e. The smallest absolute Gasteiger partial charge is 0.337 e. The zero-order valence-electron chi connectivity index (χ0n) is 12.3. The summed E-state index contributed by atoms with van der Waals surface area (Å²) in [7, 11) is 1.23. The summed E-state index contributed by atoms with van der Waals surface area (Å²) in [5.41, 5.74) is 1.04. The van der Waals surface area contributed by atoms with Gasteiger partial charge in [0.15, 0.2) is 0 Å². The predicted molar refractivity (Wildman–Crippen MR) is 90.2 cm³/mol. The number of esters is 1. The number of aliphatic hydroxyl groups excluding tert-OH is 1. The molecule has 2 N–H and O–H groups in total. The summed E-state index contributed by atoms with van der Waals surface area (Å²) in [6.45, 7) is -0.0383. The van der Waals surface area contributed by atoms with Crippen molar-refractivity contribution in [3.8, 4) is 6.07 Å². The lowest BCUT2D eigenvalue weighted by Gasteiger charge is -2.15.